The van der Waals surface area contributed by atoms with E-state index in [0.717, 1.165) is 6.42 Å². The van der Waals surface area contributed by atoms with Gasteiger partial charge in [-0.15, -0.1) is 0 Å². The van der Waals surface area contributed by atoms with Crippen molar-refractivity contribution in [3.8, 4) is 0 Å². The van der Waals surface area contributed by atoms with Crippen molar-refractivity contribution < 1.29 is 14.7 Å². The predicted octanol–water partition coefficient (Wildman–Crippen LogP) is 1.40. The number of carboxylic acid groups (broad SMARTS) is 1. The molecule has 1 rings (SSSR count). The Kier molecular flexibility index (Phi) is 4.12. The van der Waals surface area contributed by atoms with Gasteiger partial charge in [0.25, 0.3) is 0 Å². The Morgan fingerprint density at radius 3 is 2.47 bits per heavy atom. The first-order valence-electron chi connectivity index (χ1n) is 5.51. The number of carbonyl (C=O) groups excluding carboxylic acids is 1. The number of amides is 1. The molecule has 1 saturated carbocycles. The van der Waals surface area contributed by atoms with E-state index in [-0.39, 0.29) is 17.9 Å². The molecule has 0 bridgehead atoms. The molecule has 0 unspecified atom stereocenters. The van der Waals surface area contributed by atoms with Crippen molar-refractivity contribution in [1.82, 2.24) is 5.32 Å². The molecule has 0 atom stereocenters. The van der Waals surface area contributed by atoms with Gasteiger partial charge in [0.2, 0.25) is 5.91 Å². The molecule has 2 N–H and O–H groups in total. The van der Waals surface area contributed by atoms with E-state index in [1.807, 2.05) is 0 Å². The Bertz CT molecular complexity index is 244. The van der Waals surface area contributed by atoms with E-state index >= 15 is 0 Å². The average Bonchev–Trinajstić information content (AvgIpc) is 2.06. The maximum atomic E-state index is 11.4. The number of carboxylic acids is 1. The molecule has 1 fully saturated rings. The normalized spacial score (nSPS) is 24.7. The van der Waals surface area contributed by atoms with Crippen molar-refractivity contribution in [2.75, 3.05) is 0 Å². The molecular formula is C11H19NO3. The summed E-state index contributed by atoms with van der Waals surface area (Å²) in [6.45, 7) is 4.16. The van der Waals surface area contributed by atoms with Crippen molar-refractivity contribution in [3.05, 3.63) is 0 Å². The first kappa shape index (κ1) is 12.0. The second kappa shape index (κ2) is 5.14. The van der Waals surface area contributed by atoms with E-state index in [1.54, 1.807) is 0 Å². The number of hydrogen-bond donors (Lipinski definition) is 2. The highest BCUT2D eigenvalue weighted by molar-refractivity contribution is 5.77. The molecule has 4 heteroatoms. The molecule has 4 nitrogen and oxygen atoms in total. The van der Waals surface area contributed by atoms with Gasteiger partial charge in [-0.2, -0.15) is 0 Å². The lowest BCUT2D eigenvalue weighted by Gasteiger charge is -2.32. The maximum absolute atomic E-state index is 11.4. The zero-order chi connectivity index (χ0) is 11.4. The molecule has 0 aromatic carbocycles. The summed E-state index contributed by atoms with van der Waals surface area (Å²) in [4.78, 5) is 21.9. The van der Waals surface area contributed by atoms with Crippen LogP contribution < -0.4 is 5.32 Å². The van der Waals surface area contributed by atoms with E-state index < -0.39 is 5.97 Å². The van der Waals surface area contributed by atoms with Crippen LogP contribution in [0.4, 0.5) is 0 Å². The van der Waals surface area contributed by atoms with Gasteiger partial charge < -0.3 is 10.4 Å². The molecule has 0 aromatic rings. The number of rotatable bonds is 5. The minimum atomic E-state index is -0.748. The minimum Gasteiger partial charge on any atom is -0.481 e. The molecular weight excluding hydrogens is 194 g/mol. The third-order valence-corrected chi connectivity index (χ3v) is 2.80. The first-order chi connectivity index (χ1) is 6.99. The van der Waals surface area contributed by atoms with Crippen LogP contribution in [0.15, 0.2) is 0 Å². The predicted molar refractivity (Wildman–Crippen MR) is 56.4 cm³/mol. The van der Waals surface area contributed by atoms with Gasteiger partial charge in [-0.1, -0.05) is 13.8 Å². The van der Waals surface area contributed by atoms with Gasteiger partial charge >= 0.3 is 5.97 Å². The zero-order valence-corrected chi connectivity index (χ0v) is 9.32. The molecule has 0 saturated heterocycles. The third-order valence-electron chi connectivity index (χ3n) is 2.80. The molecule has 15 heavy (non-hydrogen) atoms. The van der Waals surface area contributed by atoms with Gasteiger partial charge in [-0.05, 0) is 25.2 Å². The molecule has 1 aliphatic carbocycles. The molecule has 1 amide bonds. The van der Waals surface area contributed by atoms with Crippen molar-refractivity contribution in [2.24, 2.45) is 11.8 Å². The van der Waals surface area contributed by atoms with Crippen molar-refractivity contribution in [2.45, 2.75) is 45.6 Å². The summed E-state index contributed by atoms with van der Waals surface area (Å²) in [7, 11) is 0. The fourth-order valence-electron chi connectivity index (χ4n) is 1.66. The Hall–Kier alpha value is -1.06. The Balaban J connectivity index is 2.11. The van der Waals surface area contributed by atoms with Crippen LogP contribution in [0.3, 0.4) is 0 Å². The zero-order valence-electron chi connectivity index (χ0n) is 9.32. The monoisotopic (exact) mass is 213 g/mol. The largest absolute Gasteiger partial charge is 0.481 e. The first-order valence-corrected chi connectivity index (χ1v) is 5.51. The highest BCUT2D eigenvalue weighted by Crippen LogP contribution is 2.27. The van der Waals surface area contributed by atoms with Crippen LogP contribution in [0.25, 0.3) is 0 Å². The van der Waals surface area contributed by atoms with Crippen molar-refractivity contribution in [1.29, 1.82) is 0 Å². The van der Waals surface area contributed by atoms with Gasteiger partial charge in [0.05, 0.1) is 5.92 Å². The lowest BCUT2D eigenvalue weighted by atomic mass is 9.80. The van der Waals surface area contributed by atoms with Gasteiger partial charge in [0.1, 0.15) is 0 Å². The highest BCUT2D eigenvalue weighted by atomic mass is 16.4. The van der Waals surface area contributed by atoms with Crippen LogP contribution in [0.5, 0.6) is 0 Å². The number of carbonyl (C=O) groups is 2. The second-order valence-corrected chi connectivity index (χ2v) is 4.70. The van der Waals surface area contributed by atoms with Crippen LogP contribution in [0.2, 0.25) is 0 Å². The number of hydrogen-bond acceptors (Lipinski definition) is 2. The van der Waals surface area contributed by atoms with Crippen LogP contribution in [-0.2, 0) is 9.59 Å². The van der Waals surface area contributed by atoms with E-state index in [9.17, 15) is 9.59 Å². The molecule has 0 aromatic heterocycles. The quantitative estimate of drug-likeness (QED) is 0.725. The smallest absolute Gasteiger partial charge is 0.306 e. The standard InChI is InChI=1S/C11H19NO3/c1-7(2)3-4-10(13)12-9-5-8(6-9)11(14)15/h7-9H,3-6H2,1-2H3,(H,12,13)(H,14,15). The summed E-state index contributed by atoms with van der Waals surface area (Å²) < 4.78 is 0. The summed E-state index contributed by atoms with van der Waals surface area (Å²) in [5, 5.41) is 11.5. The SMILES string of the molecule is CC(C)CCC(=O)NC1CC(C(=O)O)C1. The highest BCUT2D eigenvalue weighted by Gasteiger charge is 2.34. The lowest BCUT2D eigenvalue weighted by Crippen LogP contribution is -2.46. The van der Waals surface area contributed by atoms with Gasteiger partial charge in [-0.3, -0.25) is 9.59 Å². The summed E-state index contributed by atoms with van der Waals surface area (Å²) in [5.74, 6) is -0.412. The van der Waals surface area contributed by atoms with E-state index in [2.05, 4.69) is 19.2 Å². The van der Waals surface area contributed by atoms with Crippen molar-refractivity contribution >= 4 is 11.9 Å². The Labute approximate surface area is 90.0 Å². The summed E-state index contributed by atoms with van der Waals surface area (Å²) >= 11 is 0. The molecule has 0 heterocycles. The maximum Gasteiger partial charge on any atom is 0.306 e. The Morgan fingerprint density at radius 1 is 1.40 bits per heavy atom. The second-order valence-electron chi connectivity index (χ2n) is 4.70. The van der Waals surface area contributed by atoms with Crippen LogP contribution in [-0.4, -0.2) is 23.0 Å². The van der Waals surface area contributed by atoms with Crippen LogP contribution >= 0.6 is 0 Å². The van der Waals surface area contributed by atoms with Gasteiger partial charge in [-0.25, -0.2) is 0 Å². The molecule has 0 spiro atoms. The molecule has 0 aliphatic heterocycles. The molecule has 0 radical (unpaired) electrons. The Morgan fingerprint density at radius 2 is 2.00 bits per heavy atom. The lowest BCUT2D eigenvalue weighted by molar-refractivity contribution is -0.146. The molecule has 1 aliphatic rings. The average molecular weight is 213 g/mol. The van der Waals surface area contributed by atoms with Gasteiger partial charge in [0, 0.05) is 12.5 Å². The fourth-order valence-corrected chi connectivity index (χ4v) is 1.66. The fraction of sp³-hybridized carbons (Fsp3) is 0.818. The minimum absolute atomic E-state index is 0.0533. The number of aliphatic carboxylic acids is 1. The summed E-state index contributed by atoms with van der Waals surface area (Å²) in [6.07, 6.45) is 2.61. The van der Waals surface area contributed by atoms with E-state index in [1.165, 1.54) is 0 Å². The molecule has 86 valence electrons. The third kappa shape index (κ3) is 3.90. The topological polar surface area (TPSA) is 66.4 Å². The van der Waals surface area contributed by atoms with Crippen LogP contribution in [0.1, 0.15) is 39.5 Å². The van der Waals surface area contributed by atoms with Crippen LogP contribution in [0, 0.1) is 11.8 Å². The van der Waals surface area contributed by atoms with Gasteiger partial charge in [0.15, 0.2) is 0 Å². The van der Waals surface area contributed by atoms with E-state index in [4.69, 9.17) is 5.11 Å². The number of nitrogens with one attached hydrogen (secondary N) is 1. The van der Waals surface area contributed by atoms with Crippen molar-refractivity contribution in [3.63, 3.8) is 0 Å². The van der Waals surface area contributed by atoms with E-state index in [0.29, 0.717) is 25.2 Å². The summed E-state index contributed by atoms with van der Waals surface area (Å²) in [6, 6.07) is 0.0887. The summed E-state index contributed by atoms with van der Waals surface area (Å²) in [5.41, 5.74) is 0.